The number of carbonyl (C=O) groups excluding carboxylic acids is 2. The number of halogens is 3. The predicted molar refractivity (Wildman–Crippen MR) is 76.4 cm³/mol. The van der Waals surface area contributed by atoms with Crippen LogP contribution in [0.15, 0.2) is 36.4 Å². The van der Waals surface area contributed by atoms with Gasteiger partial charge in [0.1, 0.15) is 17.5 Å². The van der Waals surface area contributed by atoms with Gasteiger partial charge in [0.2, 0.25) is 0 Å². The molecule has 0 aliphatic heterocycles. The number of benzene rings is 2. The summed E-state index contributed by atoms with van der Waals surface area (Å²) in [5.41, 5.74) is 0.0776. The molecule has 0 heterocycles. The minimum atomic E-state index is -0.953. The van der Waals surface area contributed by atoms with Gasteiger partial charge in [-0.1, -0.05) is 6.07 Å². The van der Waals surface area contributed by atoms with Crippen molar-refractivity contribution in [1.29, 1.82) is 0 Å². The van der Waals surface area contributed by atoms with Crippen LogP contribution < -0.4 is 5.32 Å². The molecule has 2 rings (SSSR count). The van der Waals surface area contributed by atoms with Crippen molar-refractivity contribution in [3.8, 4) is 0 Å². The van der Waals surface area contributed by atoms with Crippen LogP contribution in [0.4, 0.5) is 18.9 Å². The van der Waals surface area contributed by atoms with E-state index in [1.165, 1.54) is 19.1 Å². The molecule has 0 aliphatic carbocycles. The van der Waals surface area contributed by atoms with E-state index in [4.69, 9.17) is 4.74 Å². The number of hydrogen-bond donors (Lipinski definition) is 1. The Hall–Kier alpha value is -2.83. The van der Waals surface area contributed by atoms with Crippen LogP contribution in [0.1, 0.15) is 15.9 Å². The molecule has 1 amide bonds. The Labute approximate surface area is 129 Å². The van der Waals surface area contributed by atoms with Crippen LogP contribution in [0.25, 0.3) is 0 Å². The quantitative estimate of drug-likeness (QED) is 0.879. The smallest absolute Gasteiger partial charge is 0.338 e. The molecule has 0 spiro atoms. The summed E-state index contributed by atoms with van der Waals surface area (Å²) in [5, 5.41) is 2.13. The number of rotatable bonds is 4. The normalized spacial score (nSPS) is 10.3. The summed E-state index contributed by atoms with van der Waals surface area (Å²) in [4.78, 5) is 23.3. The highest BCUT2D eigenvalue weighted by Crippen LogP contribution is 2.15. The van der Waals surface area contributed by atoms with E-state index in [1.807, 2.05) is 0 Å². The molecule has 23 heavy (non-hydrogen) atoms. The fourth-order valence-electron chi connectivity index (χ4n) is 1.71. The molecule has 120 valence electrons. The molecule has 2 aromatic carbocycles. The standard InChI is InChI=1S/C16H12F3NO3/c1-9-2-3-10(6-12(9)18)16(22)23-8-15(21)20-14-5-4-11(17)7-13(14)19/h2-7H,8H2,1H3,(H,20,21). The number of carbonyl (C=O) groups is 2. The van der Waals surface area contributed by atoms with Gasteiger partial charge in [0.05, 0.1) is 11.3 Å². The molecular weight excluding hydrogens is 311 g/mol. The van der Waals surface area contributed by atoms with E-state index in [0.717, 1.165) is 18.2 Å². The van der Waals surface area contributed by atoms with E-state index in [1.54, 1.807) is 0 Å². The lowest BCUT2D eigenvalue weighted by molar-refractivity contribution is -0.119. The molecule has 0 aliphatic rings. The summed E-state index contributed by atoms with van der Waals surface area (Å²) in [6.45, 7) is 0.847. The number of ether oxygens (including phenoxy) is 1. The summed E-state index contributed by atoms with van der Waals surface area (Å²) < 4.78 is 44.1. The molecule has 0 atom stereocenters. The lowest BCUT2D eigenvalue weighted by Gasteiger charge is -2.08. The van der Waals surface area contributed by atoms with Crippen LogP contribution in [-0.2, 0) is 9.53 Å². The van der Waals surface area contributed by atoms with Crippen molar-refractivity contribution in [3.63, 3.8) is 0 Å². The summed E-state index contributed by atoms with van der Waals surface area (Å²) in [6, 6.07) is 6.38. The first kappa shape index (κ1) is 16.5. The molecule has 0 unspecified atom stereocenters. The van der Waals surface area contributed by atoms with Gasteiger partial charge in [-0.3, -0.25) is 4.79 Å². The van der Waals surface area contributed by atoms with Crippen molar-refractivity contribution < 1.29 is 27.5 Å². The Morgan fingerprint density at radius 1 is 1.04 bits per heavy atom. The first-order valence-corrected chi connectivity index (χ1v) is 6.55. The maximum atomic E-state index is 13.4. The summed E-state index contributed by atoms with van der Waals surface area (Å²) in [6.07, 6.45) is 0. The van der Waals surface area contributed by atoms with E-state index in [2.05, 4.69) is 5.32 Å². The summed E-state index contributed by atoms with van der Waals surface area (Å²) in [7, 11) is 0. The Morgan fingerprint density at radius 3 is 2.43 bits per heavy atom. The van der Waals surface area contributed by atoms with Gasteiger partial charge in [0.15, 0.2) is 6.61 Å². The average Bonchev–Trinajstić information content (AvgIpc) is 2.50. The zero-order valence-corrected chi connectivity index (χ0v) is 12.0. The Bertz CT molecular complexity index is 762. The number of esters is 1. The Kier molecular flexibility index (Phi) is 5.00. The van der Waals surface area contributed by atoms with E-state index in [-0.39, 0.29) is 11.3 Å². The van der Waals surface area contributed by atoms with Crippen LogP contribution >= 0.6 is 0 Å². The van der Waals surface area contributed by atoms with Gasteiger partial charge in [0.25, 0.3) is 5.91 Å². The van der Waals surface area contributed by atoms with Crippen molar-refractivity contribution in [3.05, 3.63) is 65.0 Å². The second kappa shape index (κ2) is 6.95. The molecular formula is C16H12F3NO3. The predicted octanol–water partition coefficient (Wildman–Crippen LogP) is 3.21. The highest BCUT2D eigenvalue weighted by atomic mass is 19.1. The minimum Gasteiger partial charge on any atom is -0.452 e. The second-order valence-electron chi connectivity index (χ2n) is 4.71. The SMILES string of the molecule is Cc1ccc(C(=O)OCC(=O)Nc2ccc(F)cc2F)cc1F. The van der Waals surface area contributed by atoms with E-state index in [0.29, 0.717) is 11.6 Å². The van der Waals surface area contributed by atoms with Crippen LogP contribution in [0.5, 0.6) is 0 Å². The highest BCUT2D eigenvalue weighted by Gasteiger charge is 2.13. The van der Waals surface area contributed by atoms with Gasteiger partial charge in [-0.2, -0.15) is 0 Å². The number of nitrogens with one attached hydrogen (secondary N) is 1. The highest BCUT2D eigenvalue weighted by molar-refractivity contribution is 5.95. The average molecular weight is 323 g/mol. The molecule has 0 bridgehead atoms. The van der Waals surface area contributed by atoms with Gasteiger partial charge in [-0.15, -0.1) is 0 Å². The summed E-state index contributed by atoms with van der Waals surface area (Å²) in [5.74, 6) is -4.01. The van der Waals surface area contributed by atoms with Gasteiger partial charge in [0, 0.05) is 6.07 Å². The molecule has 0 aromatic heterocycles. The van der Waals surface area contributed by atoms with Gasteiger partial charge in [-0.05, 0) is 36.8 Å². The number of anilines is 1. The first-order chi connectivity index (χ1) is 10.9. The Morgan fingerprint density at radius 2 is 1.78 bits per heavy atom. The fraction of sp³-hybridized carbons (Fsp3) is 0.125. The van der Waals surface area contributed by atoms with Crippen molar-refractivity contribution in [2.24, 2.45) is 0 Å². The van der Waals surface area contributed by atoms with Crippen molar-refractivity contribution in [2.45, 2.75) is 6.92 Å². The van der Waals surface area contributed by atoms with Crippen LogP contribution in [-0.4, -0.2) is 18.5 Å². The zero-order valence-electron chi connectivity index (χ0n) is 12.0. The number of hydrogen-bond acceptors (Lipinski definition) is 3. The maximum Gasteiger partial charge on any atom is 0.338 e. The van der Waals surface area contributed by atoms with Gasteiger partial charge < -0.3 is 10.1 Å². The molecule has 0 radical (unpaired) electrons. The lowest BCUT2D eigenvalue weighted by atomic mass is 10.1. The minimum absolute atomic E-state index is 0.0473. The second-order valence-corrected chi connectivity index (χ2v) is 4.71. The van der Waals surface area contributed by atoms with E-state index < -0.39 is 35.9 Å². The molecule has 7 heteroatoms. The molecule has 0 fully saturated rings. The molecule has 2 aromatic rings. The molecule has 0 saturated carbocycles. The van der Waals surface area contributed by atoms with Crippen molar-refractivity contribution in [1.82, 2.24) is 0 Å². The van der Waals surface area contributed by atoms with Crippen LogP contribution in [0, 0.1) is 24.4 Å². The monoisotopic (exact) mass is 323 g/mol. The first-order valence-electron chi connectivity index (χ1n) is 6.55. The number of amides is 1. The van der Waals surface area contributed by atoms with Gasteiger partial charge >= 0.3 is 5.97 Å². The molecule has 1 N–H and O–H groups in total. The lowest BCUT2D eigenvalue weighted by Crippen LogP contribution is -2.21. The third-order valence-corrected chi connectivity index (χ3v) is 2.95. The van der Waals surface area contributed by atoms with Crippen molar-refractivity contribution in [2.75, 3.05) is 11.9 Å². The maximum absolute atomic E-state index is 13.4. The van der Waals surface area contributed by atoms with E-state index >= 15 is 0 Å². The van der Waals surface area contributed by atoms with E-state index in [9.17, 15) is 22.8 Å². The van der Waals surface area contributed by atoms with Crippen LogP contribution in [0.3, 0.4) is 0 Å². The molecule has 4 nitrogen and oxygen atoms in total. The Balaban J connectivity index is 1.93. The third kappa shape index (κ3) is 4.32. The third-order valence-electron chi connectivity index (χ3n) is 2.95. The van der Waals surface area contributed by atoms with Crippen molar-refractivity contribution >= 4 is 17.6 Å². The zero-order chi connectivity index (χ0) is 17.0. The number of aryl methyl sites for hydroxylation is 1. The topological polar surface area (TPSA) is 55.4 Å². The fourth-order valence-corrected chi connectivity index (χ4v) is 1.71. The summed E-state index contributed by atoms with van der Waals surface area (Å²) >= 11 is 0. The molecule has 0 saturated heterocycles. The van der Waals surface area contributed by atoms with Gasteiger partial charge in [-0.25, -0.2) is 18.0 Å². The largest absolute Gasteiger partial charge is 0.452 e. The van der Waals surface area contributed by atoms with Crippen LogP contribution in [0.2, 0.25) is 0 Å².